The minimum Gasteiger partial charge on any atom is -0.121 e. The molecular formula is C12H10. The Morgan fingerprint density at radius 2 is 1.50 bits per heavy atom. The fraction of sp³-hybridized carbons (Fsp3) is 0.0833. The minimum atomic E-state index is 1.03. The summed E-state index contributed by atoms with van der Waals surface area (Å²) in [5, 5.41) is 0. The van der Waals surface area contributed by atoms with Gasteiger partial charge in [0.2, 0.25) is 0 Å². The van der Waals surface area contributed by atoms with Gasteiger partial charge in [0.25, 0.3) is 0 Å². The predicted octanol–water partition coefficient (Wildman–Crippen LogP) is 3.08. The van der Waals surface area contributed by atoms with Crippen LogP contribution in [0.25, 0.3) is 0 Å². The van der Waals surface area contributed by atoms with Gasteiger partial charge in [-0.25, -0.2) is 0 Å². The Kier molecular flexibility index (Phi) is 1.94. The average Bonchev–Trinajstić information content (AvgIpc) is 2.38. The maximum absolute atomic E-state index is 3.05. The zero-order valence-electron chi connectivity index (χ0n) is 6.83. The van der Waals surface area contributed by atoms with Crippen molar-refractivity contribution in [3.63, 3.8) is 0 Å². The molecule has 2 aliphatic rings. The monoisotopic (exact) mass is 154 g/mol. The first-order valence-corrected chi connectivity index (χ1v) is 4.13. The Balaban J connectivity index is 2.49. The molecule has 12 heavy (non-hydrogen) atoms. The molecule has 0 unspecified atom stereocenters. The van der Waals surface area contributed by atoms with Crippen LogP contribution in [-0.4, -0.2) is 0 Å². The largest absolute Gasteiger partial charge is 0.121 e. The van der Waals surface area contributed by atoms with Gasteiger partial charge in [0, 0.05) is 0 Å². The molecule has 0 atom stereocenters. The maximum Gasteiger partial charge on any atom is -0.0162 e. The van der Waals surface area contributed by atoms with Gasteiger partial charge in [0.15, 0.2) is 0 Å². The van der Waals surface area contributed by atoms with Crippen LogP contribution in [0.4, 0.5) is 0 Å². The van der Waals surface area contributed by atoms with E-state index in [0.29, 0.717) is 0 Å². The summed E-state index contributed by atoms with van der Waals surface area (Å²) in [4.78, 5) is 0. The van der Waals surface area contributed by atoms with Gasteiger partial charge in [-0.1, -0.05) is 24.3 Å². The van der Waals surface area contributed by atoms with Crippen LogP contribution < -0.4 is 0 Å². The second-order valence-electron chi connectivity index (χ2n) is 2.78. The van der Waals surface area contributed by atoms with E-state index in [9.17, 15) is 0 Å². The van der Waals surface area contributed by atoms with Crippen molar-refractivity contribution in [1.82, 2.24) is 0 Å². The van der Waals surface area contributed by atoms with Crippen molar-refractivity contribution in [1.29, 1.82) is 0 Å². The summed E-state index contributed by atoms with van der Waals surface area (Å²) in [6.07, 6.45) is 17.7. The highest BCUT2D eigenvalue weighted by Gasteiger charge is 1.99. The summed E-state index contributed by atoms with van der Waals surface area (Å²) in [6, 6.07) is 0. The fourth-order valence-corrected chi connectivity index (χ4v) is 1.30. The molecule has 0 saturated heterocycles. The van der Waals surface area contributed by atoms with Gasteiger partial charge < -0.3 is 0 Å². The summed E-state index contributed by atoms with van der Waals surface area (Å²) in [6.45, 7) is 0. The third-order valence-electron chi connectivity index (χ3n) is 1.92. The lowest BCUT2D eigenvalue weighted by Crippen LogP contribution is -1.79. The van der Waals surface area contributed by atoms with Gasteiger partial charge in [-0.2, -0.15) is 0 Å². The number of rotatable bonds is 0. The summed E-state index contributed by atoms with van der Waals surface area (Å²) in [7, 11) is 0. The molecule has 0 radical (unpaired) electrons. The number of hydrogen-bond donors (Lipinski definition) is 0. The third-order valence-corrected chi connectivity index (χ3v) is 1.92. The van der Waals surface area contributed by atoms with Crippen LogP contribution >= 0.6 is 0 Å². The Labute approximate surface area is 72.6 Å². The van der Waals surface area contributed by atoms with E-state index in [2.05, 4.69) is 42.2 Å². The van der Waals surface area contributed by atoms with Crippen LogP contribution in [0.2, 0.25) is 0 Å². The first-order valence-electron chi connectivity index (χ1n) is 4.13. The Morgan fingerprint density at radius 1 is 0.917 bits per heavy atom. The van der Waals surface area contributed by atoms with Crippen LogP contribution in [-0.2, 0) is 0 Å². The van der Waals surface area contributed by atoms with Crippen LogP contribution in [0.5, 0.6) is 0 Å². The maximum atomic E-state index is 3.05. The normalized spacial score (nSPS) is 19.3. The quantitative estimate of drug-likeness (QED) is 0.470. The minimum absolute atomic E-state index is 1.03. The van der Waals surface area contributed by atoms with Crippen LogP contribution in [0.15, 0.2) is 65.5 Å². The summed E-state index contributed by atoms with van der Waals surface area (Å²) >= 11 is 0. The van der Waals surface area contributed by atoms with Gasteiger partial charge in [-0.3, -0.25) is 0 Å². The van der Waals surface area contributed by atoms with Gasteiger partial charge >= 0.3 is 0 Å². The Hall–Kier alpha value is -1.52. The lowest BCUT2D eigenvalue weighted by atomic mass is 10.1. The van der Waals surface area contributed by atoms with Crippen molar-refractivity contribution in [3.8, 4) is 0 Å². The number of fused-ring (bicyclic) bond motifs is 1. The first kappa shape index (κ1) is 7.15. The van der Waals surface area contributed by atoms with Crippen molar-refractivity contribution in [3.05, 3.63) is 65.5 Å². The molecule has 0 nitrogen and oxygen atoms in total. The lowest BCUT2D eigenvalue weighted by Gasteiger charge is -1.97. The summed E-state index contributed by atoms with van der Waals surface area (Å²) in [5.41, 5.74) is 5.59. The summed E-state index contributed by atoms with van der Waals surface area (Å²) in [5.74, 6) is 0. The fourth-order valence-electron chi connectivity index (χ4n) is 1.30. The molecular weight excluding hydrogens is 144 g/mol. The molecule has 0 aromatic carbocycles. The standard InChI is InChI=1S/C12H10/c1-3-7-11-9-5-2-6-10-12(11)8-4-1/h3-10H,1H2. The van der Waals surface area contributed by atoms with E-state index in [1.807, 2.05) is 12.2 Å². The molecule has 0 N–H and O–H groups in total. The van der Waals surface area contributed by atoms with Gasteiger partial charge in [0.1, 0.15) is 0 Å². The second-order valence-corrected chi connectivity index (χ2v) is 2.78. The van der Waals surface area contributed by atoms with Crippen molar-refractivity contribution in [2.24, 2.45) is 0 Å². The van der Waals surface area contributed by atoms with Crippen LogP contribution in [0.3, 0.4) is 0 Å². The van der Waals surface area contributed by atoms with Crippen molar-refractivity contribution < 1.29 is 0 Å². The Bertz CT molecular complexity index is 321. The molecule has 58 valence electrons. The molecule has 2 aliphatic carbocycles. The molecule has 0 aliphatic heterocycles. The molecule has 0 heterocycles. The van der Waals surface area contributed by atoms with E-state index in [0.717, 1.165) is 6.42 Å². The first-order chi connectivity index (χ1) is 5.97. The van der Waals surface area contributed by atoms with Gasteiger partial charge in [-0.05, 0) is 41.9 Å². The van der Waals surface area contributed by atoms with E-state index >= 15 is 0 Å². The molecule has 0 saturated carbocycles. The van der Waals surface area contributed by atoms with Crippen molar-refractivity contribution >= 4 is 0 Å². The highest BCUT2D eigenvalue weighted by atomic mass is 14.0. The van der Waals surface area contributed by atoms with Crippen LogP contribution in [0, 0.1) is 0 Å². The number of hydrogen-bond acceptors (Lipinski definition) is 0. The average molecular weight is 154 g/mol. The summed E-state index contributed by atoms with van der Waals surface area (Å²) < 4.78 is 0. The molecule has 0 spiro atoms. The Morgan fingerprint density at radius 3 is 2.08 bits per heavy atom. The zero-order valence-corrected chi connectivity index (χ0v) is 6.83. The van der Waals surface area contributed by atoms with Crippen molar-refractivity contribution in [2.75, 3.05) is 0 Å². The third kappa shape index (κ3) is 1.39. The molecule has 0 aromatic rings. The lowest BCUT2D eigenvalue weighted by molar-refractivity contribution is 1.41. The number of allylic oxidation sites excluding steroid dienone is 9. The van der Waals surface area contributed by atoms with E-state index in [1.54, 1.807) is 0 Å². The van der Waals surface area contributed by atoms with Crippen molar-refractivity contribution in [2.45, 2.75) is 6.42 Å². The predicted molar refractivity (Wildman–Crippen MR) is 51.7 cm³/mol. The molecule has 0 bridgehead atoms. The van der Waals surface area contributed by atoms with E-state index in [4.69, 9.17) is 0 Å². The van der Waals surface area contributed by atoms with Gasteiger partial charge in [0.05, 0.1) is 0 Å². The van der Waals surface area contributed by atoms with Gasteiger partial charge in [-0.15, -0.1) is 5.73 Å². The van der Waals surface area contributed by atoms with E-state index in [1.165, 1.54) is 11.1 Å². The molecule has 0 aromatic heterocycles. The second kappa shape index (κ2) is 3.25. The SMILES string of the molecule is C1=CC=C2C=CCC=CC2=CC=1. The highest BCUT2D eigenvalue weighted by molar-refractivity contribution is 5.51. The van der Waals surface area contributed by atoms with Crippen LogP contribution in [0.1, 0.15) is 6.42 Å². The molecule has 0 amide bonds. The van der Waals surface area contributed by atoms with E-state index in [-0.39, 0.29) is 0 Å². The smallest absolute Gasteiger partial charge is 0.0162 e. The topological polar surface area (TPSA) is 0 Å². The molecule has 2 rings (SSSR count). The van der Waals surface area contributed by atoms with E-state index < -0.39 is 0 Å². The zero-order chi connectivity index (χ0) is 8.23. The molecule has 0 fully saturated rings. The highest BCUT2D eigenvalue weighted by Crippen LogP contribution is 2.18. The molecule has 0 heteroatoms.